The average Bonchev–Trinajstić information content (AvgIpc) is 2.34. The number of nitro groups is 1. The van der Waals surface area contributed by atoms with Crippen LogP contribution < -0.4 is 5.32 Å². The van der Waals surface area contributed by atoms with E-state index in [0.29, 0.717) is 0 Å². The van der Waals surface area contributed by atoms with E-state index in [-0.39, 0.29) is 16.7 Å². The molecule has 0 heterocycles. The van der Waals surface area contributed by atoms with Gasteiger partial charge in [0.2, 0.25) is 0 Å². The quantitative estimate of drug-likeness (QED) is 0.608. The maximum Gasteiger partial charge on any atom is 0.270 e. The minimum atomic E-state index is -0.379. The van der Waals surface area contributed by atoms with Crippen LogP contribution in [0.15, 0.2) is 30.3 Å². The SMILES string of the molecule is CCCNC(C)/C=C/c1cccc([N+](=O)[O-])c1. The summed E-state index contributed by atoms with van der Waals surface area (Å²) in [6, 6.07) is 6.89. The number of non-ortho nitro benzene ring substituents is 1. The zero-order valence-corrected chi connectivity index (χ0v) is 10.2. The second-order valence-corrected chi connectivity index (χ2v) is 3.95. The van der Waals surface area contributed by atoms with Crippen LogP contribution in [0, 0.1) is 10.1 Å². The van der Waals surface area contributed by atoms with Gasteiger partial charge >= 0.3 is 0 Å². The van der Waals surface area contributed by atoms with Gasteiger partial charge in [-0.2, -0.15) is 0 Å². The normalized spacial score (nSPS) is 12.8. The van der Waals surface area contributed by atoms with Crippen LogP contribution in [-0.4, -0.2) is 17.5 Å². The third kappa shape index (κ3) is 4.78. The highest BCUT2D eigenvalue weighted by Gasteiger charge is 2.03. The predicted octanol–water partition coefficient (Wildman–Crippen LogP) is 3.00. The topological polar surface area (TPSA) is 55.2 Å². The van der Waals surface area contributed by atoms with Crippen LogP contribution in [0.5, 0.6) is 0 Å². The lowest BCUT2D eigenvalue weighted by Crippen LogP contribution is -2.24. The first-order chi connectivity index (χ1) is 8.13. The van der Waals surface area contributed by atoms with Crippen LogP contribution in [0.1, 0.15) is 25.8 Å². The molecule has 4 heteroatoms. The first-order valence-electron chi connectivity index (χ1n) is 5.79. The Balaban J connectivity index is 2.64. The molecule has 1 unspecified atom stereocenters. The summed E-state index contributed by atoms with van der Waals surface area (Å²) in [6.45, 7) is 5.15. The van der Waals surface area contributed by atoms with Crippen LogP contribution >= 0.6 is 0 Å². The Morgan fingerprint density at radius 3 is 2.94 bits per heavy atom. The minimum absolute atomic E-state index is 0.126. The molecule has 0 bridgehead atoms. The highest BCUT2D eigenvalue weighted by atomic mass is 16.6. The Kier molecular flexibility index (Phi) is 5.36. The summed E-state index contributed by atoms with van der Waals surface area (Å²) in [5.74, 6) is 0. The lowest BCUT2D eigenvalue weighted by Gasteiger charge is -2.07. The Morgan fingerprint density at radius 2 is 2.29 bits per heavy atom. The molecule has 0 saturated heterocycles. The number of benzene rings is 1. The molecule has 1 aromatic carbocycles. The first kappa shape index (κ1) is 13.4. The van der Waals surface area contributed by atoms with E-state index in [0.717, 1.165) is 18.5 Å². The van der Waals surface area contributed by atoms with Crippen LogP contribution in [0.3, 0.4) is 0 Å². The number of hydrogen-bond acceptors (Lipinski definition) is 3. The second-order valence-electron chi connectivity index (χ2n) is 3.95. The number of hydrogen-bond donors (Lipinski definition) is 1. The third-order valence-electron chi connectivity index (χ3n) is 2.37. The second kappa shape index (κ2) is 6.81. The van der Waals surface area contributed by atoms with Gasteiger partial charge in [-0.15, -0.1) is 0 Å². The summed E-state index contributed by atoms with van der Waals surface area (Å²) in [5.41, 5.74) is 0.977. The molecule has 1 N–H and O–H groups in total. The van der Waals surface area contributed by atoms with E-state index in [2.05, 4.69) is 19.2 Å². The fraction of sp³-hybridized carbons (Fsp3) is 0.385. The van der Waals surface area contributed by atoms with E-state index in [4.69, 9.17) is 0 Å². The van der Waals surface area contributed by atoms with Crippen molar-refractivity contribution in [1.29, 1.82) is 0 Å². The van der Waals surface area contributed by atoms with E-state index in [1.165, 1.54) is 6.07 Å². The highest BCUT2D eigenvalue weighted by Crippen LogP contribution is 2.14. The number of nitrogens with zero attached hydrogens (tertiary/aromatic N) is 1. The Hall–Kier alpha value is -1.68. The molecule has 0 amide bonds. The van der Waals surface area contributed by atoms with E-state index >= 15 is 0 Å². The highest BCUT2D eigenvalue weighted by molar-refractivity contribution is 5.53. The van der Waals surface area contributed by atoms with Crippen molar-refractivity contribution in [1.82, 2.24) is 5.32 Å². The lowest BCUT2D eigenvalue weighted by molar-refractivity contribution is -0.384. The molecule has 92 valence electrons. The van der Waals surface area contributed by atoms with Crippen molar-refractivity contribution in [3.05, 3.63) is 46.0 Å². The van der Waals surface area contributed by atoms with Gasteiger partial charge in [-0.25, -0.2) is 0 Å². The molecule has 1 aromatic rings. The van der Waals surface area contributed by atoms with Crippen LogP contribution in [0.2, 0.25) is 0 Å². The largest absolute Gasteiger partial charge is 0.311 e. The van der Waals surface area contributed by atoms with Gasteiger partial charge in [-0.3, -0.25) is 10.1 Å². The van der Waals surface area contributed by atoms with Gasteiger partial charge in [-0.05, 0) is 25.5 Å². The van der Waals surface area contributed by atoms with E-state index in [1.54, 1.807) is 12.1 Å². The molecule has 17 heavy (non-hydrogen) atoms. The summed E-state index contributed by atoms with van der Waals surface area (Å²) < 4.78 is 0. The average molecular weight is 234 g/mol. The molecular formula is C13H18N2O2. The van der Waals surface area contributed by atoms with E-state index in [9.17, 15) is 10.1 Å². The van der Waals surface area contributed by atoms with Crippen LogP contribution in [0.25, 0.3) is 6.08 Å². The predicted molar refractivity (Wildman–Crippen MR) is 69.9 cm³/mol. The van der Waals surface area contributed by atoms with Gasteiger partial charge in [0.25, 0.3) is 5.69 Å². The molecule has 0 fully saturated rings. The van der Waals surface area contributed by atoms with Crippen molar-refractivity contribution < 1.29 is 4.92 Å². The standard InChI is InChI=1S/C13H18N2O2/c1-3-9-14-11(2)7-8-12-5-4-6-13(10-12)15(16)17/h4-8,10-11,14H,3,9H2,1-2H3/b8-7+. The summed E-state index contributed by atoms with van der Waals surface area (Å²) >= 11 is 0. The van der Waals surface area contributed by atoms with Crippen LogP contribution in [-0.2, 0) is 0 Å². The fourth-order valence-corrected chi connectivity index (χ4v) is 1.44. The molecule has 1 atom stereocenters. The fourth-order valence-electron chi connectivity index (χ4n) is 1.44. The van der Waals surface area contributed by atoms with Crippen molar-refractivity contribution in [3.63, 3.8) is 0 Å². The maximum atomic E-state index is 10.6. The Bertz CT molecular complexity index is 402. The minimum Gasteiger partial charge on any atom is -0.311 e. The molecule has 0 aliphatic heterocycles. The summed E-state index contributed by atoms with van der Waals surface area (Å²) in [4.78, 5) is 10.2. The van der Waals surface area contributed by atoms with Gasteiger partial charge in [-0.1, -0.05) is 31.2 Å². The number of rotatable bonds is 6. The van der Waals surface area contributed by atoms with E-state index < -0.39 is 0 Å². The smallest absolute Gasteiger partial charge is 0.270 e. The summed E-state index contributed by atoms with van der Waals surface area (Å²) in [7, 11) is 0. The lowest BCUT2D eigenvalue weighted by atomic mass is 10.1. The van der Waals surface area contributed by atoms with Gasteiger partial charge in [0.15, 0.2) is 0 Å². The molecule has 0 aromatic heterocycles. The number of nitrogens with one attached hydrogen (secondary N) is 1. The maximum absolute atomic E-state index is 10.6. The Labute approximate surface area is 101 Å². The van der Waals surface area contributed by atoms with Gasteiger partial charge in [0, 0.05) is 18.2 Å². The molecule has 4 nitrogen and oxygen atoms in total. The zero-order chi connectivity index (χ0) is 12.7. The van der Waals surface area contributed by atoms with Crippen molar-refractivity contribution in [3.8, 4) is 0 Å². The van der Waals surface area contributed by atoms with Gasteiger partial charge in [0.1, 0.15) is 0 Å². The molecular weight excluding hydrogens is 216 g/mol. The number of nitro benzene ring substituents is 1. The van der Waals surface area contributed by atoms with Crippen molar-refractivity contribution in [2.45, 2.75) is 26.3 Å². The van der Waals surface area contributed by atoms with Gasteiger partial charge < -0.3 is 5.32 Å². The summed E-state index contributed by atoms with van der Waals surface area (Å²) in [6.07, 6.45) is 5.00. The van der Waals surface area contributed by atoms with Crippen molar-refractivity contribution >= 4 is 11.8 Å². The Morgan fingerprint density at radius 1 is 1.53 bits per heavy atom. The third-order valence-corrected chi connectivity index (χ3v) is 2.37. The zero-order valence-electron chi connectivity index (χ0n) is 10.2. The van der Waals surface area contributed by atoms with E-state index in [1.807, 2.05) is 18.2 Å². The molecule has 0 radical (unpaired) electrons. The van der Waals surface area contributed by atoms with Gasteiger partial charge in [0.05, 0.1) is 4.92 Å². The van der Waals surface area contributed by atoms with Crippen LogP contribution in [0.4, 0.5) is 5.69 Å². The molecule has 0 aliphatic rings. The molecule has 0 spiro atoms. The van der Waals surface area contributed by atoms with Crippen molar-refractivity contribution in [2.75, 3.05) is 6.54 Å². The molecule has 0 aliphatic carbocycles. The first-order valence-corrected chi connectivity index (χ1v) is 5.79. The molecule has 1 rings (SSSR count). The summed E-state index contributed by atoms with van der Waals surface area (Å²) in [5, 5.41) is 13.9. The monoisotopic (exact) mass is 234 g/mol. The molecule has 0 saturated carbocycles. The van der Waals surface area contributed by atoms with Crippen molar-refractivity contribution in [2.24, 2.45) is 0 Å².